The number of benzene rings is 1. The Morgan fingerprint density at radius 1 is 1.30 bits per heavy atom. The van der Waals surface area contributed by atoms with Gasteiger partial charge in [-0.2, -0.15) is 0 Å². The molecule has 0 fully saturated rings. The summed E-state index contributed by atoms with van der Waals surface area (Å²) in [7, 11) is 0. The van der Waals surface area contributed by atoms with E-state index in [9.17, 15) is 9.59 Å². The first kappa shape index (κ1) is 14.8. The highest BCUT2D eigenvalue weighted by Crippen LogP contribution is 2.28. The van der Waals surface area contributed by atoms with Crippen LogP contribution in [0.3, 0.4) is 0 Å². The molecule has 0 saturated carbocycles. The highest BCUT2D eigenvalue weighted by Gasteiger charge is 2.13. The van der Waals surface area contributed by atoms with Crippen molar-refractivity contribution in [2.45, 2.75) is 6.92 Å². The number of para-hydroxylation sites is 1. The number of ether oxygens (including phenoxy) is 1. The second kappa shape index (κ2) is 6.31. The molecule has 116 valence electrons. The lowest BCUT2D eigenvalue weighted by Crippen LogP contribution is -2.14. The summed E-state index contributed by atoms with van der Waals surface area (Å²) < 4.78 is 10.6. The fraction of sp³-hybridized carbons (Fsp3) is 0.118. The molecule has 0 aliphatic carbocycles. The van der Waals surface area contributed by atoms with Crippen molar-refractivity contribution in [1.29, 1.82) is 0 Å². The van der Waals surface area contributed by atoms with Gasteiger partial charge in [-0.15, -0.1) is 0 Å². The van der Waals surface area contributed by atoms with Crippen molar-refractivity contribution in [3.05, 3.63) is 59.0 Å². The molecule has 1 aromatic carbocycles. The van der Waals surface area contributed by atoms with Crippen molar-refractivity contribution < 1.29 is 13.9 Å². The lowest BCUT2D eigenvalue weighted by atomic mass is 10.1. The van der Waals surface area contributed by atoms with E-state index in [0.29, 0.717) is 28.0 Å². The maximum Gasteiger partial charge on any atom is 0.411 e. The Kier molecular flexibility index (Phi) is 4.05. The molecule has 0 unspecified atom stereocenters. The number of rotatable bonds is 3. The highest BCUT2D eigenvalue weighted by molar-refractivity contribution is 5.90. The standard InChI is InChI=1S/C17H14N2O4/c1-2-22-17(21)19-13-7-8-18-10-12(13)16-9-14(20)11-5-3-4-6-15(11)23-16/h3-10H,2H2,1H3,(H,18,19,21). The predicted molar refractivity (Wildman–Crippen MR) is 86.4 cm³/mol. The monoisotopic (exact) mass is 310 g/mol. The van der Waals surface area contributed by atoms with Crippen LogP contribution < -0.4 is 10.7 Å². The van der Waals surface area contributed by atoms with Gasteiger partial charge in [0, 0.05) is 18.5 Å². The van der Waals surface area contributed by atoms with Crippen molar-refractivity contribution in [2.75, 3.05) is 11.9 Å². The molecule has 6 heteroatoms. The number of pyridine rings is 1. The second-order valence-electron chi connectivity index (χ2n) is 4.74. The van der Waals surface area contributed by atoms with E-state index in [2.05, 4.69) is 10.3 Å². The number of amides is 1. The molecule has 3 rings (SSSR count). The van der Waals surface area contributed by atoms with Gasteiger partial charge in [-0.05, 0) is 25.1 Å². The van der Waals surface area contributed by atoms with Crippen LogP contribution in [0.15, 0.2) is 58.0 Å². The first-order valence-corrected chi connectivity index (χ1v) is 7.10. The summed E-state index contributed by atoms with van der Waals surface area (Å²) in [5, 5.41) is 3.11. The van der Waals surface area contributed by atoms with E-state index in [1.54, 1.807) is 37.3 Å². The van der Waals surface area contributed by atoms with E-state index in [-0.39, 0.29) is 12.0 Å². The number of hydrogen-bond donors (Lipinski definition) is 1. The van der Waals surface area contributed by atoms with Crippen molar-refractivity contribution in [2.24, 2.45) is 0 Å². The van der Waals surface area contributed by atoms with Crippen LogP contribution in [0, 0.1) is 0 Å². The second-order valence-corrected chi connectivity index (χ2v) is 4.74. The first-order valence-electron chi connectivity index (χ1n) is 7.10. The summed E-state index contributed by atoms with van der Waals surface area (Å²) in [5.74, 6) is 0.327. The molecule has 0 aliphatic rings. The van der Waals surface area contributed by atoms with Gasteiger partial charge in [0.25, 0.3) is 0 Å². The van der Waals surface area contributed by atoms with Crippen LogP contribution in [0.25, 0.3) is 22.3 Å². The molecule has 0 bridgehead atoms. The number of aromatic nitrogens is 1. The molecule has 6 nitrogen and oxygen atoms in total. The number of hydrogen-bond acceptors (Lipinski definition) is 5. The minimum atomic E-state index is -0.580. The topological polar surface area (TPSA) is 81.4 Å². The molecule has 0 atom stereocenters. The molecule has 3 aromatic rings. The number of fused-ring (bicyclic) bond motifs is 1. The van der Waals surface area contributed by atoms with Crippen molar-refractivity contribution >= 4 is 22.7 Å². The molecule has 2 heterocycles. The largest absolute Gasteiger partial charge is 0.456 e. The molecule has 1 N–H and O–H groups in total. The zero-order valence-electron chi connectivity index (χ0n) is 12.4. The maximum atomic E-state index is 12.2. The summed E-state index contributed by atoms with van der Waals surface area (Å²) in [6.45, 7) is 1.98. The summed E-state index contributed by atoms with van der Waals surface area (Å²) >= 11 is 0. The minimum absolute atomic E-state index is 0.159. The van der Waals surface area contributed by atoms with Crippen LogP contribution in [-0.2, 0) is 4.74 Å². The van der Waals surface area contributed by atoms with Crippen LogP contribution in [0.1, 0.15) is 6.92 Å². The average molecular weight is 310 g/mol. The van der Waals surface area contributed by atoms with E-state index in [4.69, 9.17) is 9.15 Å². The van der Waals surface area contributed by atoms with Crippen molar-refractivity contribution in [3.8, 4) is 11.3 Å². The molecule has 0 spiro atoms. The molecular weight excluding hydrogens is 296 g/mol. The normalized spacial score (nSPS) is 10.5. The van der Waals surface area contributed by atoms with E-state index in [1.807, 2.05) is 0 Å². The van der Waals surface area contributed by atoms with E-state index < -0.39 is 6.09 Å². The maximum absolute atomic E-state index is 12.2. The van der Waals surface area contributed by atoms with Crippen LogP contribution in [0.2, 0.25) is 0 Å². The number of nitrogens with one attached hydrogen (secondary N) is 1. The third kappa shape index (κ3) is 3.06. The molecule has 0 radical (unpaired) electrons. The van der Waals surface area contributed by atoms with Crippen molar-refractivity contribution in [1.82, 2.24) is 4.98 Å². The lowest BCUT2D eigenvalue weighted by Gasteiger charge is -2.10. The predicted octanol–water partition coefficient (Wildman–Crippen LogP) is 3.42. The summed E-state index contributed by atoms with van der Waals surface area (Å²) in [5.41, 5.74) is 1.27. The average Bonchev–Trinajstić information content (AvgIpc) is 2.55. The molecule has 0 saturated heterocycles. The van der Waals surface area contributed by atoms with Gasteiger partial charge in [-0.1, -0.05) is 12.1 Å². The molecule has 1 amide bonds. The van der Waals surface area contributed by atoms with Gasteiger partial charge in [0.1, 0.15) is 11.3 Å². The summed E-state index contributed by atoms with van der Waals surface area (Å²) in [6.07, 6.45) is 2.47. The van der Waals surface area contributed by atoms with E-state index >= 15 is 0 Å². The van der Waals surface area contributed by atoms with E-state index in [1.165, 1.54) is 18.5 Å². The number of carbonyl (C=O) groups is 1. The Balaban J connectivity index is 2.08. The van der Waals surface area contributed by atoms with Gasteiger partial charge in [-0.25, -0.2) is 4.79 Å². The third-order valence-corrected chi connectivity index (χ3v) is 3.23. The van der Waals surface area contributed by atoms with Gasteiger partial charge in [-0.3, -0.25) is 15.1 Å². The molecule has 2 aromatic heterocycles. The fourth-order valence-corrected chi connectivity index (χ4v) is 2.21. The lowest BCUT2D eigenvalue weighted by molar-refractivity contribution is 0.168. The highest BCUT2D eigenvalue weighted by atomic mass is 16.5. The SMILES string of the molecule is CCOC(=O)Nc1ccncc1-c1cc(=O)c2ccccc2o1. The Labute approximate surface area is 131 Å². The van der Waals surface area contributed by atoms with Crippen molar-refractivity contribution in [3.63, 3.8) is 0 Å². The minimum Gasteiger partial charge on any atom is -0.456 e. The summed E-state index contributed by atoms with van der Waals surface area (Å²) in [4.78, 5) is 27.9. The Bertz CT molecular complexity index is 918. The van der Waals surface area contributed by atoms with E-state index in [0.717, 1.165) is 0 Å². The fourth-order valence-electron chi connectivity index (χ4n) is 2.21. The Morgan fingerprint density at radius 3 is 2.96 bits per heavy atom. The zero-order chi connectivity index (χ0) is 16.2. The Hall–Kier alpha value is -3.15. The number of anilines is 1. The van der Waals surface area contributed by atoms with Gasteiger partial charge in [0.05, 0.1) is 23.2 Å². The molecular formula is C17H14N2O4. The van der Waals surface area contributed by atoms with Gasteiger partial charge >= 0.3 is 6.09 Å². The number of carbonyl (C=O) groups excluding carboxylic acids is 1. The Morgan fingerprint density at radius 2 is 2.13 bits per heavy atom. The van der Waals surface area contributed by atoms with Crippen LogP contribution >= 0.6 is 0 Å². The summed E-state index contributed by atoms with van der Waals surface area (Å²) in [6, 6.07) is 9.98. The molecule has 0 aliphatic heterocycles. The smallest absolute Gasteiger partial charge is 0.411 e. The van der Waals surface area contributed by atoms with Crippen LogP contribution in [0.5, 0.6) is 0 Å². The van der Waals surface area contributed by atoms with Crippen LogP contribution in [-0.4, -0.2) is 17.7 Å². The van der Waals surface area contributed by atoms with Gasteiger partial charge < -0.3 is 9.15 Å². The van der Waals surface area contributed by atoms with Gasteiger partial charge in [0.15, 0.2) is 5.43 Å². The third-order valence-electron chi connectivity index (χ3n) is 3.23. The van der Waals surface area contributed by atoms with Crippen LogP contribution in [0.4, 0.5) is 10.5 Å². The van der Waals surface area contributed by atoms with Gasteiger partial charge in [0.2, 0.25) is 0 Å². The quantitative estimate of drug-likeness (QED) is 0.801. The zero-order valence-corrected chi connectivity index (χ0v) is 12.4. The molecule has 23 heavy (non-hydrogen) atoms. The number of nitrogens with zero attached hydrogens (tertiary/aromatic N) is 1. The first-order chi connectivity index (χ1) is 11.2.